The first-order valence-electron chi connectivity index (χ1n) is 5.86. The molecule has 2 nitrogen and oxygen atoms in total. The van der Waals surface area contributed by atoms with Crippen LogP contribution in [0.3, 0.4) is 0 Å². The third-order valence-corrected chi connectivity index (χ3v) is 3.74. The number of nitrogens with two attached hydrogens (primary N) is 1. The number of rotatable bonds is 3. The Hall–Kier alpha value is -0.150. The summed E-state index contributed by atoms with van der Waals surface area (Å²) in [6, 6.07) is 0.834. The predicted octanol–water partition coefficient (Wildman–Crippen LogP) is 1.74. The lowest BCUT2D eigenvalue weighted by Gasteiger charge is -2.35. The van der Waals surface area contributed by atoms with E-state index in [1.807, 2.05) is 0 Å². The van der Waals surface area contributed by atoms with Gasteiger partial charge in [-0.1, -0.05) is 6.42 Å². The van der Waals surface area contributed by atoms with E-state index in [0.717, 1.165) is 12.8 Å². The average Bonchev–Trinajstić information content (AvgIpc) is 2.08. The minimum atomic E-state index is -0.967. The monoisotopic (exact) mass is 200 g/mol. The molecule has 0 atom stereocenters. The number of halogens is 1. The van der Waals surface area contributed by atoms with Crippen molar-refractivity contribution in [2.24, 2.45) is 5.73 Å². The minimum Gasteiger partial charge on any atom is -0.328 e. The molecule has 3 heteroatoms. The predicted molar refractivity (Wildman–Crippen MR) is 55.9 cm³/mol. The highest BCUT2D eigenvalue weighted by atomic mass is 19.1. The van der Waals surface area contributed by atoms with Gasteiger partial charge in [0.1, 0.15) is 5.67 Å². The Morgan fingerprint density at radius 2 is 1.86 bits per heavy atom. The van der Waals surface area contributed by atoms with Gasteiger partial charge in [0.15, 0.2) is 0 Å². The van der Waals surface area contributed by atoms with E-state index in [1.54, 1.807) is 0 Å². The molecule has 2 aliphatic rings. The van der Waals surface area contributed by atoms with Crippen LogP contribution in [0, 0.1) is 0 Å². The first-order chi connectivity index (χ1) is 6.68. The molecule has 2 aliphatic carbocycles. The first-order valence-corrected chi connectivity index (χ1v) is 5.86. The molecule has 0 unspecified atom stereocenters. The summed E-state index contributed by atoms with van der Waals surface area (Å²) in [5.41, 5.74) is 4.80. The van der Waals surface area contributed by atoms with Crippen LogP contribution in [-0.2, 0) is 0 Å². The average molecular weight is 200 g/mol. The van der Waals surface area contributed by atoms with Crippen molar-refractivity contribution in [2.45, 2.75) is 62.7 Å². The van der Waals surface area contributed by atoms with Crippen molar-refractivity contribution < 1.29 is 4.39 Å². The van der Waals surface area contributed by atoms with E-state index in [4.69, 9.17) is 5.73 Å². The lowest BCUT2D eigenvalue weighted by atomic mass is 9.83. The molecule has 0 spiro atoms. The molecule has 0 aromatic rings. The van der Waals surface area contributed by atoms with Crippen molar-refractivity contribution in [3.05, 3.63) is 0 Å². The van der Waals surface area contributed by atoms with Crippen molar-refractivity contribution in [2.75, 3.05) is 6.54 Å². The van der Waals surface area contributed by atoms with Gasteiger partial charge in [0.2, 0.25) is 0 Å². The molecule has 0 aromatic heterocycles. The fourth-order valence-corrected chi connectivity index (χ4v) is 2.27. The summed E-state index contributed by atoms with van der Waals surface area (Å²) in [6.07, 6.45) is 6.76. The Bertz CT molecular complexity index is 184. The van der Waals surface area contributed by atoms with Gasteiger partial charge in [-0.25, -0.2) is 4.39 Å². The quantitative estimate of drug-likeness (QED) is 0.728. The normalized spacial score (nSPS) is 39.4. The second-order valence-corrected chi connectivity index (χ2v) is 5.00. The maximum atomic E-state index is 14.1. The highest BCUT2D eigenvalue weighted by Gasteiger charge is 2.34. The lowest BCUT2D eigenvalue weighted by Crippen LogP contribution is -2.47. The summed E-state index contributed by atoms with van der Waals surface area (Å²) in [4.78, 5) is 0. The molecule has 0 radical (unpaired) electrons. The van der Waals surface area contributed by atoms with E-state index in [0.29, 0.717) is 25.4 Å². The van der Waals surface area contributed by atoms with E-state index in [2.05, 4.69) is 5.32 Å². The second-order valence-electron chi connectivity index (χ2n) is 5.00. The molecule has 14 heavy (non-hydrogen) atoms. The molecule has 0 saturated heterocycles. The van der Waals surface area contributed by atoms with Gasteiger partial charge in [0.05, 0.1) is 0 Å². The smallest absolute Gasteiger partial charge is 0.123 e. The van der Waals surface area contributed by atoms with Crippen LogP contribution < -0.4 is 11.1 Å². The molecule has 0 heterocycles. The number of hydrogen-bond donors (Lipinski definition) is 2. The molecule has 0 amide bonds. The maximum Gasteiger partial charge on any atom is 0.123 e. The summed E-state index contributed by atoms with van der Waals surface area (Å²) < 4.78 is 14.1. The second kappa shape index (κ2) is 4.15. The van der Waals surface area contributed by atoms with Crippen molar-refractivity contribution in [3.8, 4) is 0 Å². The van der Waals surface area contributed by atoms with Crippen molar-refractivity contribution in [1.29, 1.82) is 0 Å². The van der Waals surface area contributed by atoms with Crippen molar-refractivity contribution >= 4 is 0 Å². The van der Waals surface area contributed by atoms with Gasteiger partial charge in [-0.15, -0.1) is 0 Å². The highest BCUT2D eigenvalue weighted by Crippen LogP contribution is 2.31. The summed E-state index contributed by atoms with van der Waals surface area (Å²) in [6.45, 7) is 0.546. The van der Waals surface area contributed by atoms with E-state index in [1.165, 1.54) is 19.3 Å². The Labute approximate surface area is 85.4 Å². The molecule has 0 aromatic carbocycles. The third kappa shape index (κ3) is 2.45. The molecular formula is C11H21FN2. The molecular weight excluding hydrogens is 179 g/mol. The van der Waals surface area contributed by atoms with Gasteiger partial charge in [0.25, 0.3) is 0 Å². The van der Waals surface area contributed by atoms with Crippen LogP contribution >= 0.6 is 0 Å². The number of nitrogens with one attached hydrogen (secondary N) is 1. The molecule has 82 valence electrons. The van der Waals surface area contributed by atoms with Crippen LogP contribution in [0.2, 0.25) is 0 Å². The summed E-state index contributed by atoms with van der Waals surface area (Å²) in [7, 11) is 0. The molecule has 2 saturated carbocycles. The van der Waals surface area contributed by atoms with Gasteiger partial charge in [0, 0.05) is 18.6 Å². The Morgan fingerprint density at radius 3 is 2.36 bits per heavy atom. The lowest BCUT2D eigenvalue weighted by molar-refractivity contribution is 0.0894. The van der Waals surface area contributed by atoms with E-state index < -0.39 is 5.67 Å². The van der Waals surface area contributed by atoms with E-state index in [9.17, 15) is 4.39 Å². The third-order valence-electron chi connectivity index (χ3n) is 3.74. The Balaban J connectivity index is 1.71. The van der Waals surface area contributed by atoms with Crippen LogP contribution in [0.1, 0.15) is 44.9 Å². The van der Waals surface area contributed by atoms with Gasteiger partial charge in [-0.3, -0.25) is 0 Å². The zero-order valence-corrected chi connectivity index (χ0v) is 8.77. The van der Waals surface area contributed by atoms with Crippen LogP contribution in [0.4, 0.5) is 4.39 Å². The van der Waals surface area contributed by atoms with Crippen LogP contribution in [-0.4, -0.2) is 24.3 Å². The number of hydrogen-bond acceptors (Lipinski definition) is 2. The van der Waals surface area contributed by atoms with E-state index >= 15 is 0 Å². The Kier molecular flexibility index (Phi) is 3.07. The Morgan fingerprint density at radius 1 is 1.21 bits per heavy atom. The van der Waals surface area contributed by atoms with Crippen molar-refractivity contribution in [1.82, 2.24) is 5.32 Å². The molecule has 0 bridgehead atoms. The summed E-state index contributed by atoms with van der Waals surface area (Å²) >= 11 is 0. The fraction of sp³-hybridized carbons (Fsp3) is 1.00. The topological polar surface area (TPSA) is 38.0 Å². The molecule has 2 fully saturated rings. The van der Waals surface area contributed by atoms with Gasteiger partial charge in [-0.2, -0.15) is 0 Å². The SMILES string of the molecule is NC1CCC(F)(CNC2CCC2)CC1. The van der Waals surface area contributed by atoms with E-state index in [-0.39, 0.29) is 6.04 Å². The van der Waals surface area contributed by atoms with Crippen LogP contribution in [0.5, 0.6) is 0 Å². The largest absolute Gasteiger partial charge is 0.328 e. The van der Waals surface area contributed by atoms with Gasteiger partial charge in [-0.05, 0) is 38.5 Å². The maximum absolute atomic E-state index is 14.1. The minimum absolute atomic E-state index is 0.238. The number of alkyl halides is 1. The zero-order valence-electron chi connectivity index (χ0n) is 8.77. The van der Waals surface area contributed by atoms with Crippen LogP contribution in [0.15, 0.2) is 0 Å². The fourth-order valence-electron chi connectivity index (χ4n) is 2.27. The highest BCUT2D eigenvalue weighted by molar-refractivity contribution is 4.91. The molecule has 2 rings (SSSR count). The van der Waals surface area contributed by atoms with Crippen molar-refractivity contribution in [3.63, 3.8) is 0 Å². The zero-order chi connectivity index (χ0) is 10.0. The molecule has 3 N–H and O–H groups in total. The summed E-state index contributed by atoms with van der Waals surface area (Å²) in [5, 5.41) is 3.33. The van der Waals surface area contributed by atoms with Gasteiger partial charge >= 0.3 is 0 Å². The molecule has 0 aliphatic heterocycles. The van der Waals surface area contributed by atoms with Crippen LogP contribution in [0.25, 0.3) is 0 Å². The first kappa shape index (κ1) is 10.4. The summed E-state index contributed by atoms with van der Waals surface area (Å²) in [5.74, 6) is 0. The van der Waals surface area contributed by atoms with Gasteiger partial charge < -0.3 is 11.1 Å². The standard InChI is InChI=1S/C11H21FN2/c12-11(6-4-9(13)5-7-11)8-14-10-2-1-3-10/h9-10,14H,1-8,13H2.